The third kappa shape index (κ3) is 3.57. The first-order chi connectivity index (χ1) is 12.6. The van der Waals surface area contributed by atoms with Crippen molar-refractivity contribution in [2.24, 2.45) is 5.73 Å². The number of hydrogen-bond donors (Lipinski definition) is 2. The van der Waals surface area contributed by atoms with E-state index in [1.54, 1.807) is 26.8 Å². The summed E-state index contributed by atoms with van der Waals surface area (Å²) in [6.45, 7) is 5.53. The van der Waals surface area contributed by atoms with Crippen molar-refractivity contribution < 1.29 is 23.5 Å². The normalized spacial score (nSPS) is 19.0. The van der Waals surface area contributed by atoms with Crippen LogP contribution in [0.4, 0.5) is 0 Å². The second-order valence-electron chi connectivity index (χ2n) is 7.25. The molecule has 2 heterocycles. The number of rotatable bonds is 4. The van der Waals surface area contributed by atoms with Gasteiger partial charge in [-0.05, 0) is 26.0 Å². The molecule has 1 unspecified atom stereocenters. The summed E-state index contributed by atoms with van der Waals surface area (Å²) in [6, 6.07) is 2.15. The lowest BCUT2D eigenvalue weighted by molar-refractivity contribution is -0.134. The molecule has 0 bridgehead atoms. The van der Waals surface area contributed by atoms with E-state index in [1.807, 2.05) is 0 Å². The number of benzene rings is 1. The first-order valence-corrected chi connectivity index (χ1v) is 8.48. The van der Waals surface area contributed by atoms with Gasteiger partial charge in [0.05, 0.1) is 19.1 Å². The highest BCUT2D eigenvalue weighted by Crippen LogP contribution is 2.30. The molecule has 0 spiro atoms. The highest BCUT2D eigenvalue weighted by atomic mass is 16.5. The summed E-state index contributed by atoms with van der Waals surface area (Å²) >= 11 is 0. The van der Waals surface area contributed by atoms with Gasteiger partial charge in [-0.3, -0.25) is 14.4 Å². The number of methoxy groups -OCH3 is 1. The number of nitrogens with zero attached hydrogens (tertiary/aromatic N) is 2. The lowest BCUT2D eigenvalue weighted by atomic mass is 9.95. The van der Waals surface area contributed by atoms with Gasteiger partial charge in [0.2, 0.25) is 11.8 Å². The molecule has 3 N–H and O–H groups in total. The van der Waals surface area contributed by atoms with Crippen LogP contribution < -0.4 is 15.8 Å². The zero-order chi connectivity index (χ0) is 19.9. The van der Waals surface area contributed by atoms with Crippen LogP contribution in [-0.4, -0.2) is 52.8 Å². The zero-order valence-corrected chi connectivity index (χ0v) is 15.7. The summed E-state index contributed by atoms with van der Waals surface area (Å²) in [4.78, 5) is 42.7. The predicted molar refractivity (Wildman–Crippen MR) is 96.2 cm³/mol. The van der Waals surface area contributed by atoms with Gasteiger partial charge >= 0.3 is 0 Å². The van der Waals surface area contributed by atoms with Crippen LogP contribution in [0.15, 0.2) is 16.5 Å². The SMILES string of the molecule is COc1cc(C(=O)N2CC(C)(C)NC(=O)C2CC(N)=O)cc2nc(C)oc12. The minimum Gasteiger partial charge on any atom is -0.493 e. The van der Waals surface area contributed by atoms with Gasteiger partial charge in [0.15, 0.2) is 17.2 Å². The molecule has 1 aromatic heterocycles. The van der Waals surface area contributed by atoms with Gasteiger partial charge < -0.3 is 25.1 Å². The van der Waals surface area contributed by atoms with Gasteiger partial charge in [-0.15, -0.1) is 0 Å². The number of nitrogens with two attached hydrogens (primary N) is 1. The van der Waals surface area contributed by atoms with Crippen molar-refractivity contribution in [2.75, 3.05) is 13.7 Å². The molecule has 1 aliphatic heterocycles. The van der Waals surface area contributed by atoms with Crippen molar-refractivity contribution in [3.05, 3.63) is 23.6 Å². The molecule has 0 radical (unpaired) electrons. The summed E-state index contributed by atoms with van der Waals surface area (Å²) < 4.78 is 10.8. The number of aryl methyl sites for hydroxylation is 1. The van der Waals surface area contributed by atoms with Gasteiger partial charge in [0.1, 0.15) is 11.6 Å². The number of hydrogen-bond acceptors (Lipinski definition) is 6. The molecular weight excluding hydrogens is 352 g/mol. The molecule has 0 saturated carbocycles. The molecule has 9 heteroatoms. The number of amides is 3. The van der Waals surface area contributed by atoms with Gasteiger partial charge in [0.25, 0.3) is 5.91 Å². The third-order valence-corrected chi connectivity index (χ3v) is 4.39. The summed E-state index contributed by atoms with van der Waals surface area (Å²) in [5.41, 5.74) is 5.84. The minimum atomic E-state index is -0.969. The smallest absolute Gasteiger partial charge is 0.254 e. The number of carbonyl (C=O) groups excluding carboxylic acids is 3. The fourth-order valence-corrected chi connectivity index (χ4v) is 3.29. The van der Waals surface area contributed by atoms with E-state index in [4.69, 9.17) is 14.9 Å². The summed E-state index contributed by atoms with van der Waals surface area (Å²) in [5.74, 6) is -0.678. The number of primary amides is 1. The Balaban J connectivity index is 2.04. The molecule has 0 aliphatic carbocycles. The number of nitrogens with one attached hydrogen (secondary N) is 1. The van der Waals surface area contributed by atoms with E-state index in [0.29, 0.717) is 22.7 Å². The van der Waals surface area contributed by atoms with Crippen LogP contribution in [0, 0.1) is 6.92 Å². The van der Waals surface area contributed by atoms with Gasteiger partial charge in [0, 0.05) is 19.0 Å². The molecule has 144 valence electrons. The first-order valence-electron chi connectivity index (χ1n) is 8.48. The van der Waals surface area contributed by atoms with Gasteiger partial charge in [-0.1, -0.05) is 0 Å². The molecule has 1 atom stereocenters. The van der Waals surface area contributed by atoms with E-state index in [0.717, 1.165) is 0 Å². The van der Waals surface area contributed by atoms with E-state index < -0.39 is 29.3 Å². The Morgan fingerprint density at radius 1 is 1.44 bits per heavy atom. The van der Waals surface area contributed by atoms with Gasteiger partial charge in [-0.2, -0.15) is 0 Å². The van der Waals surface area contributed by atoms with E-state index in [9.17, 15) is 14.4 Å². The van der Waals surface area contributed by atoms with Crippen molar-refractivity contribution in [2.45, 2.75) is 38.8 Å². The number of carbonyl (C=O) groups is 3. The average Bonchev–Trinajstić information content (AvgIpc) is 2.94. The fraction of sp³-hybridized carbons (Fsp3) is 0.444. The Morgan fingerprint density at radius 3 is 2.78 bits per heavy atom. The van der Waals surface area contributed by atoms with Crippen molar-refractivity contribution in [3.63, 3.8) is 0 Å². The largest absolute Gasteiger partial charge is 0.493 e. The van der Waals surface area contributed by atoms with Crippen LogP contribution >= 0.6 is 0 Å². The summed E-state index contributed by atoms with van der Waals surface area (Å²) in [7, 11) is 1.47. The van der Waals surface area contributed by atoms with E-state index in [1.165, 1.54) is 18.1 Å². The molecular formula is C18H22N4O5. The van der Waals surface area contributed by atoms with Crippen LogP contribution in [-0.2, 0) is 9.59 Å². The molecule has 3 rings (SSSR count). The lowest BCUT2D eigenvalue weighted by Crippen LogP contribution is -2.66. The van der Waals surface area contributed by atoms with Crippen molar-refractivity contribution >= 4 is 28.8 Å². The van der Waals surface area contributed by atoms with E-state index in [-0.39, 0.29) is 18.5 Å². The van der Waals surface area contributed by atoms with Gasteiger partial charge in [-0.25, -0.2) is 4.98 Å². The maximum Gasteiger partial charge on any atom is 0.254 e. The molecule has 2 aromatic rings. The van der Waals surface area contributed by atoms with E-state index >= 15 is 0 Å². The highest BCUT2D eigenvalue weighted by molar-refractivity contribution is 6.02. The molecule has 1 saturated heterocycles. The molecule has 1 fully saturated rings. The van der Waals surface area contributed by atoms with E-state index in [2.05, 4.69) is 10.3 Å². The summed E-state index contributed by atoms with van der Waals surface area (Å²) in [6.07, 6.45) is -0.254. The maximum atomic E-state index is 13.2. The predicted octanol–water partition coefficient (Wildman–Crippen LogP) is 0.739. The third-order valence-electron chi connectivity index (χ3n) is 4.39. The van der Waals surface area contributed by atoms with Crippen molar-refractivity contribution in [3.8, 4) is 5.75 Å². The standard InChI is InChI=1S/C18H22N4O5/c1-9-20-11-5-10(6-13(26-4)15(11)27-9)17(25)22-8-18(2,3)21-16(24)12(22)7-14(19)23/h5-6,12H,7-8H2,1-4H3,(H2,19,23)(H,21,24). The maximum absolute atomic E-state index is 13.2. The Bertz CT molecular complexity index is 933. The zero-order valence-electron chi connectivity index (χ0n) is 15.7. The first kappa shape index (κ1) is 18.7. The average molecular weight is 374 g/mol. The van der Waals surface area contributed by atoms with Crippen molar-refractivity contribution in [1.29, 1.82) is 0 Å². The molecule has 1 aliphatic rings. The highest BCUT2D eigenvalue weighted by Gasteiger charge is 2.42. The Labute approximate surface area is 155 Å². The topological polar surface area (TPSA) is 128 Å². The minimum absolute atomic E-state index is 0.230. The number of piperazine rings is 1. The second-order valence-corrected chi connectivity index (χ2v) is 7.25. The fourth-order valence-electron chi connectivity index (χ4n) is 3.29. The Kier molecular flexibility index (Phi) is 4.54. The molecule has 9 nitrogen and oxygen atoms in total. The number of oxazole rings is 1. The second kappa shape index (κ2) is 6.57. The van der Waals surface area contributed by atoms with Crippen LogP contribution in [0.5, 0.6) is 5.75 Å². The molecule has 27 heavy (non-hydrogen) atoms. The lowest BCUT2D eigenvalue weighted by Gasteiger charge is -2.43. The van der Waals surface area contributed by atoms with Crippen LogP contribution in [0.3, 0.4) is 0 Å². The number of aromatic nitrogens is 1. The molecule has 3 amide bonds. The van der Waals surface area contributed by atoms with Crippen LogP contribution in [0.1, 0.15) is 36.5 Å². The van der Waals surface area contributed by atoms with Crippen LogP contribution in [0.25, 0.3) is 11.1 Å². The van der Waals surface area contributed by atoms with Crippen LogP contribution in [0.2, 0.25) is 0 Å². The Hall–Kier alpha value is -3.10. The molecule has 1 aromatic carbocycles. The Morgan fingerprint density at radius 2 is 2.15 bits per heavy atom. The number of ether oxygens (including phenoxy) is 1. The monoisotopic (exact) mass is 374 g/mol. The van der Waals surface area contributed by atoms with Crippen molar-refractivity contribution in [1.82, 2.24) is 15.2 Å². The summed E-state index contributed by atoms with van der Waals surface area (Å²) in [5, 5.41) is 2.81. The quantitative estimate of drug-likeness (QED) is 0.812. The number of fused-ring (bicyclic) bond motifs is 1.